The van der Waals surface area contributed by atoms with E-state index in [2.05, 4.69) is 85.0 Å². The van der Waals surface area contributed by atoms with Crippen LogP contribution in [0, 0.1) is 0 Å². The predicted molar refractivity (Wildman–Crippen MR) is 98.3 cm³/mol. The van der Waals surface area contributed by atoms with Crippen molar-refractivity contribution in [1.82, 2.24) is 0 Å². The van der Waals surface area contributed by atoms with Crippen molar-refractivity contribution in [3.05, 3.63) is 88.8 Å². The minimum atomic E-state index is -0.212. The van der Waals surface area contributed by atoms with Crippen LogP contribution in [0.2, 0.25) is 0 Å². The summed E-state index contributed by atoms with van der Waals surface area (Å²) in [6.45, 7) is 0. The third kappa shape index (κ3) is 4.79. The smallest absolute Gasteiger partial charge is 1.00 e. The molecule has 1 aliphatic carbocycles. The van der Waals surface area contributed by atoms with Crippen molar-refractivity contribution in [3.63, 3.8) is 0 Å². The summed E-state index contributed by atoms with van der Waals surface area (Å²) in [5.74, 6) is 0. The fourth-order valence-corrected chi connectivity index (χ4v) is 6.89. The molecule has 1 heterocycles. The second kappa shape index (κ2) is 9.63. The van der Waals surface area contributed by atoms with Gasteiger partial charge >= 0.3 is 148 Å². The molecule has 2 aromatic carbocycles. The molecule has 0 aliphatic heterocycles. The Bertz CT molecular complexity index is 867. The summed E-state index contributed by atoms with van der Waals surface area (Å²) in [6.07, 6.45) is 7.97. The summed E-state index contributed by atoms with van der Waals surface area (Å²) >= 11 is -0.212. The van der Waals surface area contributed by atoms with E-state index in [1.54, 1.807) is 13.0 Å². The van der Waals surface area contributed by atoms with Gasteiger partial charge in [-0.2, -0.15) is 0 Å². The average Bonchev–Trinajstić information content (AvgIpc) is 3.27. The van der Waals surface area contributed by atoms with Crippen molar-refractivity contribution in [1.29, 1.82) is 0 Å². The van der Waals surface area contributed by atoms with E-state index in [4.69, 9.17) is 0 Å². The van der Waals surface area contributed by atoms with Crippen LogP contribution in [0.25, 0.3) is 21.7 Å². The standard InChI is InChI=1S/C16H12P.C5H5.2ClH.Ti/c1-3-7-13(8-4-1)15-11-12-16(17-15)14-9-5-2-6-10-14;1-2-4-5-3-1;;;/h1-11,17H;1-3H,4H2;2*1H;/q;;;;+2/p-2. The summed E-state index contributed by atoms with van der Waals surface area (Å²) < 4.78 is 3.26. The fourth-order valence-electron chi connectivity index (χ4n) is 2.87. The van der Waals surface area contributed by atoms with E-state index in [1.165, 1.54) is 16.4 Å². The second-order valence-electron chi connectivity index (χ2n) is 5.65. The minimum Gasteiger partial charge on any atom is -1.00 e. The van der Waals surface area contributed by atoms with Gasteiger partial charge in [-0.15, -0.1) is 0 Å². The van der Waals surface area contributed by atoms with E-state index in [1.807, 2.05) is 0 Å². The molecule has 0 N–H and O–H groups in total. The molecule has 1 unspecified atom stereocenters. The molecule has 0 fully saturated rings. The topological polar surface area (TPSA) is 0 Å². The first kappa shape index (κ1) is 20.3. The molecule has 0 saturated carbocycles. The summed E-state index contributed by atoms with van der Waals surface area (Å²) in [4.78, 5) is 0. The van der Waals surface area contributed by atoms with Gasteiger partial charge in [-0.25, -0.2) is 0 Å². The molecule has 0 radical (unpaired) electrons. The first-order valence-corrected chi connectivity index (χ1v) is 10.4. The van der Waals surface area contributed by atoms with Crippen molar-refractivity contribution in [2.45, 2.75) is 6.42 Å². The monoisotopic (exact) mass is 418 g/mol. The number of benzene rings is 2. The SMILES string of the molecule is C1=CC[C]([Ti+2][c]2cc(-c3ccccc3)[pH]c2-c2ccccc2)=C1.[Cl-].[Cl-]. The molecular weight excluding hydrogens is 402 g/mol. The number of rotatable bonds is 4. The molecule has 0 saturated heterocycles. The zero-order valence-corrected chi connectivity index (χ0v) is 17.6. The van der Waals surface area contributed by atoms with Crippen LogP contribution in [0.1, 0.15) is 6.42 Å². The Morgan fingerprint density at radius 1 is 0.800 bits per heavy atom. The molecule has 0 nitrogen and oxygen atoms in total. The van der Waals surface area contributed by atoms with Gasteiger partial charge in [0.25, 0.3) is 0 Å². The Morgan fingerprint density at radius 3 is 2.04 bits per heavy atom. The van der Waals surface area contributed by atoms with Crippen molar-refractivity contribution in [3.8, 4) is 21.7 Å². The zero-order valence-electron chi connectivity index (χ0n) is 13.5. The number of halogens is 2. The molecule has 4 rings (SSSR count). The molecule has 1 aromatic heterocycles. The normalized spacial score (nSPS) is 12.2. The summed E-state index contributed by atoms with van der Waals surface area (Å²) in [5, 5.41) is 3.06. The maximum Gasteiger partial charge on any atom is -1.00 e. The molecule has 25 heavy (non-hydrogen) atoms. The molecule has 0 spiro atoms. The van der Waals surface area contributed by atoms with E-state index in [-0.39, 0.29) is 44.0 Å². The van der Waals surface area contributed by atoms with Crippen LogP contribution in [0.3, 0.4) is 0 Å². The Morgan fingerprint density at radius 2 is 1.44 bits per heavy atom. The second-order valence-corrected chi connectivity index (χ2v) is 9.18. The van der Waals surface area contributed by atoms with E-state index < -0.39 is 0 Å². The quantitative estimate of drug-likeness (QED) is 0.506. The molecular formula is C21H17Cl2PTi. The van der Waals surface area contributed by atoms with E-state index in [9.17, 15) is 0 Å². The maximum atomic E-state index is 2.48. The van der Waals surface area contributed by atoms with Crippen LogP contribution in [0.5, 0.6) is 0 Å². The van der Waals surface area contributed by atoms with Crippen LogP contribution in [-0.2, 0) is 19.2 Å². The van der Waals surface area contributed by atoms with Gasteiger partial charge in [0, 0.05) is 0 Å². The minimum absolute atomic E-state index is 0. The third-order valence-corrected chi connectivity index (χ3v) is 8.05. The number of hydrogen-bond acceptors (Lipinski definition) is 0. The van der Waals surface area contributed by atoms with Crippen molar-refractivity contribution >= 4 is 12.1 Å². The molecule has 1 atom stereocenters. The molecule has 3 aromatic rings. The van der Waals surface area contributed by atoms with Gasteiger partial charge in [0.1, 0.15) is 0 Å². The molecule has 1 aliphatic rings. The van der Waals surface area contributed by atoms with Crippen molar-refractivity contribution in [2.24, 2.45) is 0 Å². The predicted octanol–water partition coefficient (Wildman–Crippen LogP) is -0.388. The first-order valence-electron chi connectivity index (χ1n) is 7.87. The summed E-state index contributed by atoms with van der Waals surface area (Å²) in [6, 6.07) is 24.3. The van der Waals surface area contributed by atoms with E-state index in [0.717, 1.165) is 14.6 Å². The van der Waals surface area contributed by atoms with Crippen LogP contribution in [0.15, 0.2) is 88.8 Å². The van der Waals surface area contributed by atoms with Gasteiger partial charge in [-0.3, -0.25) is 0 Å². The molecule has 0 amide bonds. The summed E-state index contributed by atoms with van der Waals surface area (Å²) in [7, 11) is 0.773. The van der Waals surface area contributed by atoms with Crippen LogP contribution in [-0.4, -0.2) is 0 Å². The average molecular weight is 419 g/mol. The Balaban J connectivity index is 0.00000113. The maximum absolute atomic E-state index is 2.48. The Hall–Kier alpha value is -1.01. The first-order chi connectivity index (χ1) is 11.4. The largest absolute Gasteiger partial charge is 1.00 e. The van der Waals surface area contributed by atoms with Crippen molar-refractivity contribution in [2.75, 3.05) is 0 Å². The van der Waals surface area contributed by atoms with Gasteiger partial charge in [-0.05, 0) is 0 Å². The van der Waals surface area contributed by atoms with Gasteiger partial charge in [0.05, 0.1) is 0 Å². The van der Waals surface area contributed by atoms with Gasteiger partial charge < -0.3 is 24.8 Å². The fraction of sp³-hybridized carbons (Fsp3) is 0.0476. The van der Waals surface area contributed by atoms with Crippen molar-refractivity contribution < 1.29 is 44.0 Å². The zero-order chi connectivity index (χ0) is 15.5. The van der Waals surface area contributed by atoms with Crippen LogP contribution in [0.4, 0.5) is 0 Å². The van der Waals surface area contributed by atoms with E-state index in [0.29, 0.717) is 0 Å². The summed E-state index contributed by atoms with van der Waals surface area (Å²) in [5.41, 5.74) is 2.78. The Labute approximate surface area is 172 Å². The van der Waals surface area contributed by atoms with E-state index >= 15 is 0 Å². The van der Waals surface area contributed by atoms with Gasteiger partial charge in [-0.1, -0.05) is 0 Å². The molecule has 124 valence electrons. The van der Waals surface area contributed by atoms with Crippen LogP contribution < -0.4 is 28.7 Å². The van der Waals surface area contributed by atoms with Gasteiger partial charge in [0.2, 0.25) is 0 Å². The van der Waals surface area contributed by atoms with Crippen LogP contribution >= 0.6 is 8.19 Å². The molecule has 0 bridgehead atoms. The number of hydrogen-bond donors (Lipinski definition) is 0. The number of allylic oxidation sites excluding steroid dienone is 4. The molecule has 4 heteroatoms. The Kier molecular flexibility index (Phi) is 7.82. The third-order valence-electron chi connectivity index (χ3n) is 4.03. The van der Waals surface area contributed by atoms with Gasteiger partial charge in [0.15, 0.2) is 0 Å².